The van der Waals surface area contributed by atoms with Gasteiger partial charge in [0.05, 0.1) is 6.61 Å². The maximum Gasteiger partial charge on any atom is 0.329 e. The third-order valence-electron chi connectivity index (χ3n) is 3.39. The second-order valence-electron chi connectivity index (χ2n) is 5.68. The number of unbranched alkanes of at least 4 members (excludes halogenated alkanes) is 2. The molecule has 0 aliphatic carbocycles. The average Bonchev–Trinajstić information content (AvgIpc) is 2.55. The first-order chi connectivity index (χ1) is 11.6. The molecule has 0 unspecified atom stereocenters. The summed E-state index contributed by atoms with van der Waals surface area (Å²) in [5.41, 5.74) is 6.93. The number of rotatable bonds is 14. The molecule has 24 heavy (non-hydrogen) atoms. The Bertz CT molecular complexity index is 464. The third-order valence-corrected chi connectivity index (χ3v) is 3.39. The molecule has 1 aromatic rings. The fourth-order valence-electron chi connectivity index (χ4n) is 2.09. The first kappa shape index (κ1) is 20.4. The maximum absolute atomic E-state index is 10.2. The molecular weight excluding hydrogens is 310 g/mol. The number of hydrogen-bond donors (Lipinski definition) is 2. The zero-order chi connectivity index (χ0) is 17.6. The van der Waals surface area contributed by atoms with Gasteiger partial charge in [0.25, 0.3) is 0 Å². The molecule has 1 rings (SSSR count). The summed E-state index contributed by atoms with van der Waals surface area (Å²) >= 11 is 0. The van der Waals surface area contributed by atoms with Gasteiger partial charge < -0.3 is 25.1 Å². The number of aliphatic carboxylic acids is 1. The van der Waals surface area contributed by atoms with Crippen LogP contribution in [0.4, 0.5) is 0 Å². The van der Waals surface area contributed by atoms with E-state index in [0.29, 0.717) is 32.8 Å². The molecule has 6 nitrogen and oxygen atoms in total. The van der Waals surface area contributed by atoms with Crippen molar-refractivity contribution in [3.05, 3.63) is 29.8 Å². The van der Waals surface area contributed by atoms with Crippen LogP contribution in [0, 0.1) is 0 Å². The van der Waals surface area contributed by atoms with Crippen LogP contribution >= 0.6 is 0 Å². The zero-order valence-electron chi connectivity index (χ0n) is 14.4. The van der Waals surface area contributed by atoms with E-state index in [1.807, 2.05) is 31.2 Å². The highest BCUT2D eigenvalue weighted by molar-refractivity contribution is 5.67. The van der Waals surface area contributed by atoms with Gasteiger partial charge in [0.2, 0.25) is 0 Å². The van der Waals surface area contributed by atoms with E-state index in [4.69, 9.17) is 25.1 Å². The Labute approximate surface area is 143 Å². The average molecular weight is 339 g/mol. The summed E-state index contributed by atoms with van der Waals surface area (Å²) in [5.74, 6) is -0.0789. The maximum atomic E-state index is 10.2. The molecule has 0 saturated carbocycles. The second kappa shape index (κ2) is 12.8. The van der Waals surface area contributed by atoms with Crippen molar-refractivity contribution in [2.75, 3.05) is 33.0 Å². The molecule has 1 atom stereocenters. The van der Waals surface area contributed by atoms with E-state index in [9.17, 15) is 4.79 Å². The molecule has 0 heterocycles. The highest BCUT2D eigenvalue weighted by Gasteiger charge is 2.01. The smallest absolute Gasteiger partial charge is 0.329 e. The van der Waals surface area contributed by atoms with Crippen molar-refractivity contribution >= 4 is 5.97 Å². The number of nitrogens with two attached hydrogens (primary N) is 1. The quantitative estimate of drug-likeness (QED) is 0.507. The minimum Gasteiger partial charge on any atom is -0.494 e. The van der Waals surface area contributed by atoms with Gasteiger partial charge in [-0.15, -0.1) is 0 Å². The molecule has 0 saturated heterocycles. The van der Waals surface area contributed by atoms with Gasteiger partial charge in [0, 0.05) is 25.9 Å². The fourth-order valence-corrected chi connectivity index (χ4v) is 2.09. The van der Waals surface area contributed by atoms with E-state index in [2.05, 4.69) is 0 Å². The predicted octanol–water partition coefficient (Wildman–Crippen LogP) is 2.76. The second-order valence-corrected chi connectivity index (χ2v) is 5.68. The molecule has 3 N–H and O–H groups in total. The summed E-state index contributed by atoms with van der Waals surface area (Å²) in [6.45, 7) is 4.12. The monoisotopic (exact) mass is 339 g/mol. The van der Waals surface area contributed by atoms with E-state index in [0.717, 1.165) is 30.6 Å². The first-order valence-corrected chi connectivity index (χ1v) is 8.45. The lowest BCUT2D eigenvalue weighted by atomic mass is 10.1. The number of carboxylic acids is 1. The van der Waals surface area contributed by atoms with Crippen molar-refractivity contribution < 1.29 is 24.1 Å². The van der Waals surface area contributed by atoms with E-state index in [1.165, 1.54) is 0 Å². The number of benzene rings is 1. The molecule has 0 fully saturated rings. The Kier molecular flexibility index (Phi) is 10.8. The normalized spacial score (nSPS) is 12.1. The molecule has 0 amide bonds. The lowest BCUT2D eigenvalue weighted by Crippen LogP contribution is -2.09. The van der Waals surface area contributed by atoms with Crippen LogP contribution in [-0.4, -0.2) is 44.1 Å². The molecule has 136 valence electrons. The molecule has 0 aliphatic heterocycles. The van der Waals surface area contributed by atoms with E-state index in [1.54, 1.807) is 0 Å². The van der Waals surface area contributed by atoms with Crippen molar-refractivity contribution in [1.29, 1.82) is 0 Å². The van der Waals surface area contributed by atoms with Crippen molar-refractivity contribution in [3.63, 3.8) is 0 Å². The summed E-state index contributed by atoms with van der Waals surface area (Å²) in [7, 11) is 0. The van der Waals surface area contributed by atoms with E-state index < -0.39 is 5.97 Å². The van der Waals surface area contributed by atoms with Crippen molar-refractivity contribution in [1.82, 2.24) is 0 Å². The lowest BCUT2D eigenvalue weighted by molar-refractivity contribution is -0.142. The van der Waals surface area contributed by atoms with Crippen LogP contribution in [0.3, 0.4) is 0 Å². The van der Waals surface area contributed by atoms with Gasteiger partial charge in [-0.05, 0) is 50.3 Å². The van der Waals surface area contributed by atoms with Crippen LogP contribution in [0.1, 0.15) is 44.2 Å². The molecule has 1 aromatic carbocycles. The van der Waals surface area contributed by atoms with E-state index in [-0.39, 0.29) is 12.6 Å². The van der Waals surface area contributed by atoms with Crippen LogP contribution in [0.5, 0.6) is 5.75 Å². The van der Waals surface area contributed by atoms with Gasteiger partial charge in [0.15, 0.2) is 0 Å². The summed E-state index contributed by atoms with van der Waals surface area (Å²) in [5, 5.41) is 8.40. The fraction of sp³-hybridized carbons (Fsp3) is 0.611. The van der Waals surface area contributed by atoms with Crippen LogP contribution in [0.25, 0.3) is 0 Å². The highest BCUT2D eigenvalue weighted by atomic mass is 16.5. The number of ether oxygens (including phenoxy) is 3. The summed E-state index contributed by atoms with van der Waals surface area (Å²) < 4.78 is 16.1. The van der Waals surface area contributed by atoms with Crippen molar-refractivity contribution in [2.45, 2.75) is 38.6 Å². The number of carboxylic acid groups (broad SMARTS) is 1. The van der Waals surface area contributed by atoms with Crippen LogP contribution in [0.2, 0.25) is 0 Å². The predicted molar refractivity (Wildman–Crippen MR) is 92.3 cm³/mol. The Morgan fingerprint density at radius 3 is 2.54 bits per heavy atom. The van der Waals surface area contributed by atoms with Gasteiger partial charge in [-0.1, -0.05) is 12.1 Å². The van der Waals surface area contributed by atoms with Gasteiger partial charge in [-0.25, -0.2) is 4.79 Å². The molecule has 0 radical (unpaired) electrons. The molecule has 0 spiro atoms. The van der Waals surface area contributed by atoms with Crippen molar-refractivity contribution in [3.8, 4) is 5.75 Å². The topological polar surface area (TPSA) is 91.0 Å². The third kappa shape index (κ3) is 10.2. The number of carbonyl (C=O) groups is 1. The lowest BCUT2D eigenvalue weighted by Gasteiger charge is -2.10. The van der Waals surface area contributed by atoms with Gasteiger partial charge >= 0.3 is 5.97 Å². The van der Waals surface area contributed by atoms with Crippen molar-refractivity contribution in [2.24, 2.45) is 5.73 Å². The highest BCUT2D eigenvalue weighted by Crippen LogP contribution is 2.17. The Morgan fingerprint density at radius 2 is 1.79 bits per heavy atom. The molecule has 0 bridgehead atoms. The largest absolute Gasteiger partial charge is 0.494 e. The minimum atomic E-state index is -0.942. The standard InChI is InChI=1S/C18H29NO5/c1-15(19)16-7-5-8-17(13-16)24-12-4-2-3-9-22-10-6-11-23-14-18(20)21/h5,7-8,13,15H,2-4,6,9-12,14,19H2,1H3,(H,20,21)/t15-/m0/s1. The zero-order valence-corrected chi connectivity index (χ0v) is 14.4. The van der Waals surface area contributed by atoms with Crippen LogP contribution in [-0.2, 0) is 14.3 Å². The molecule has 6 heteroatoms. The Balaban J connectivity index is 1.92. The van der Waals surface area contributed by atoms with Crippen LogP contribution in [0.15, 0.2) is 24.3 Å². The molecular formula is C18H29NO5. The number of hydrogen-bond acceptors (Lipinski definition) is 5. The Morgan fingerprint density at radius 1 is 1.08 bits per heavy atom. The first-order valence-electron chi connectivity index (χ1n) is 8.45. The molecule has 0 aliphatic rings. The summed E-state index contributed by atoms with van der Waals surface area (Å²) in [6, 6.07) is 7.91. The van der Waals surface area contributed by atoms with Crippen LogP contribution < -0.4 is 10.5 Å². The van der Waals surface area contributed by atoms with Gasteiger partial charge in [-0.3, -0.25) is 0 Å². The summed E-state index contributed by atoms with van der Waals surface area (Å²) in [4.78, 5) is 10.2. The minimum absolute atomic E-state index is 0.0141. The van der Waals surface area contributed by atoms with E-state index >= 15 is 0 Å². The Hall–Kier alpha value is -1.63. The van der Waals surface area contributed by atoms with Gasteiger partial charge in [-0.2, -0.15) is 0 Å². The SMILES string of the molecule is C[C@H](N)c1cccc(OCCCCCOCCCOCC(=O)O)c1. The summed E-state index contributed by atoms with van der Waals surface area (Å²) in [6.07, 6.45) is 3.72. The van der Waals surface area contributed by atoms with Gasteiger partial charge in [0.1, 0.15) is 12.4 Å². The molecule has 0 aromatic heterocycles.